The van der Waals surface area contributed by atoms with Gasteiger partial charge >= 0.3 is 0 Å². The van der Waals surface area contributed by atoms with Crippen molar-refractivity contribution in [1.29, 1.82) is 0 Å². The summed E-state index contributed by atoms with van der Waals surface area (Å²) in [4.78, 5) is 16.7. The second-order valence-corrected chi connectivity index (χ2v) is 10.7. The molecule has 0 saturated heterocycles. The van der Waals surface area contributed by atoms with Crippen LogP contribution < -0.4 is 0 Å². The molecule has 0 bridgehead atoms. The molecule has 0 aliphatic rings. The summed E-state index contributed by atoms with van der Waals surface area (Å²) in [6, 6.07) is 4.72. The Balaban J connectivity index is 2.41. The van der Waals surface area contributed by atoms with Crippen molar-refractivity contribution in [2.75, 3.05) is 0 Å². The molecule has 0 spiro atoms. The Morgan fingerprint density at radius 1 is 1.04 bits per heavy atom. The van der Waals surface area contributed by atoms with Crippen molar-refractivity contribution >= 4 is 29.0 Å². The molecule has 1 nitrogen and oxygen atoms in total. The SMILES string of the molecule is CCCCCCc1cc(C(C)(C)C)sc1-c1cc(CC=O)c(C(C)C)s1. The summed E-state index contributed by atoms with van der Waals surface area (Å²) in [6.45, 7) is 13.6. The van der Waals surface area contributed by atoms with Crippen LogP contribution in [-0.2, 0) is 23.1 Å². The van der Waals surface area contributed by atoms with Gasteiger partial charge in [0.2, 0.25) is 0 Å². The Labute approximate surface area is 167 Å². The van der Waals surface area contributed by atoms with Crippen molar-refractivity contribution in [3.8, 4) is 9.75 Å². The molecule has 0 saturated carbocycles. The van der Waals surface area contributed by atoms with Crippen molar-refractivity contribution in [2.24, 2.45) is 0 Å². The fraction of sp³-hybridized carbons (Fsp3) is 0.609. The van der Waals surface area contributed by atoms with Crippen molar-refractivity contribution in [3.63, 3.8) is 0 Å². The van der Waals surface area contributed by atoms with E-state index >= 15 is 0 Å². The highest BCUT2D eigenvalue weighted by atomic mass is 32.1. The smallest absolute Gasteiger partial charge is 0.124 e. The average molecular weight is 391 g/mol. The number of hydrogen-bond donors (Lipinski definition) is 0. The lowest BCUT2D eigenvalue weighted by Crippen LogP contribution is -2.08. The summed E-state index contributed by atoms with van der Waals surface area (Å²) >= 11 is 3.85. The fourth-order valence-corrected chi connectivity index (χ4v) is 5.83. The molecule has 0 unspecified atom stereocenters. The van der Waals surface area contributed by atoms with E-state index in [0.717, 1.165) is 6.29 Å². The third-order valence-electron chi connectivity index (χ3n) is 4.74. The van der Waals surface area contributed by atoms with Crippen LogP contribution >= 0.6 is 22.7 Å². The quantitative estimate of drug-likeness (QED) is 0.316. The fourth-order valence-electron chi connectivity index (χ4n) is 3.23. The predicted octanol–water partition coefficient (Wildman–Crippen LogP) is 7.76. The molecule has 2 heterocycles. The lowest BCUT2D eigenvalue weighted by molar-refractivity contribution is -0.107. The summed E-state index contributed by atoms with van der Waals surface area (Å²) in [6.07, 6.45) is 7.93. The second-order valence-electron chi connectivity index (χ2n) is 8.55. The maximum absolute atomic E-state index is 11.1. The minimum absolute atomic E-state index is 0.185. The Bertz CT molecular complexity index is 713. The molecule has 0 N–H and O–H groups in total. The summed E-state index contributed by atoms with van der Waals surface area (Å²) in [5, 5.41) is 0. The van der Waals surface area contributed by atoms with Gasteiger partial charge in [-0.3, -0.25) is 0 Å². The molecule has 3 heteroatoms. The number of thiophene rings is 2. The first-order valence-corrected chi connectivity index (χ1v) is 11.6. The summed E-state index contributed by atoms with van der Waals surface area (Å²) in [5.41, 5.74) is 2.91. The maximum atomic E-state index is 11.1. The molecule has 0 amide bonds. The summed E-state index contributed by atoms with van der Waals surface area (Å²) < 4.78 is 0. The van der Waals surface area contributed by atoms with Gasteiger partial charge in [-0.1, -0.05) is 60.8 Å². The van der Waals surface area contributed by atoms with Crippen LogP contribution in [0.1, 0.15) is 94.0 Å². The Morgan fingerprint density at radius 2 is 1.77 bits per heavy atom. The zero-order valence-electron chi connectivity index (χ0n) is 17.3. The number of hydrogen-bond acceptors (Lipinski definition) is 3. The number of aldehydes is 1. The maximum Gasteiger partial charge on any atom is 0.124 e. The highest BCUT2D eigenvalue weighted by Gasteiger charge is 2.22. The highest BCUT2D eigenvalue weighted by Crippen LogP contribution is 2.44. The van der Waals surface area contributed by atoms with Gasteiger partial charge in [0.1, 0.15) is 6.29 Å². The first-order chi connectivity index (χ1) is 12.3. The van der Waals surface area contributed by atoms with E-state index in [1.54, 1.807) is 0 Å². The standard InChI is InChI=1S/C23H34OS2/c1-7-8-9-10-11-17-15-20(23(4,5)6)26-22(17)19-14-18(12-13-24)21(25-19)16(2)3/h13-16H,7-12H2,1-6H3. The van der Waals surface area contributed by atoms with Gasteiger partial charge in [-0.15, -0.1) is 22.7 Å². The molecule has 144 valence electrons. The van der Waals surface area contributed by atoms with Crippen LogP contribution in [0, 0.1) is 0 Å². The van der Waals surface area contributed by atoms with Gasteiger partial charge < -0.3 is 4.79 Å². The zero-order valence-corrected chi connectivity index (χ0v) is 18.9. The lowest BCUT2D eigenvalue weighted by Gasteiger charge is -2.15. The Morgan fingerprint density at radius 3 is 2.35 bits per heavy atom. The molecule has 0 atom stereocenters. The van der Waals surface area contributed by atoms with E-state index in [1.165, 1.54) is 62.7 Å². The zero-order chi connectivity index (χ0) is 19.3. The third kappa shape index (κ3) is 5.29. The van der Waals surface area contributed by atoms with Gasteiger partial charge in [0.05, 0.1) is 0 Å². The topological polar surface area (TPSA) is 17.1 Å². The molecule has 0 aliphatic heterocycles. The van der Waals surface area contributed by atoms with Crippen LogP contribution in [0.15, 0.2) is 12.1 Å². The lowest BCUT2D eigenvalue weighted by atomic mass is 9.93. The van der Waals surface area contributed by atoms with Crippen LogP contribution in [0.25, 0.3) is 9.75 Å². The van der Waals surface area contributed by atoms with Crippen molar-refractivity contribution < 1.29 is 4.79 Å². The van der Waals surface area contributed by atoms with Crippen LogP contribution in [0.3, 0.4) is 0 Å². The molecule has 0 radical (unpaired) electrons. The number of unbranched alkanes of at least 4 members (excludes halogenated alkanes) is 3. The molecule has 0 aliphatic carbocycles. The van der Waals surface area contributed by atoms with Crippen molar-refractivity contribution in [2.45, 2.75) is 91.4 Å². The number of rotatable bonds is 9. The summed E-state index contributed by atoms with van der Waals surface area (Å²) in [7, 11) is 0. The van der Waals surface area contributed by atoms with Gasteiger partial charge in [0, 0.05) is 25.9 Å². The van der Waals surface area contributed by atoms with E-state index in [9.17, 15) is 4.79 Å². The van der Waals surface area contributed by atoms with Gasteiger partial charge in [-0.25, -0.2) is 0 Å². The molecule has 0 aromatic carbocycles. The van der Waals surface area contributed by atoms with E-state index in [-0.39, 0.29) is 5.41 Å². The monoisotopic (exact) mass is 390 g/mol. The molecule has 2 aromatic heterocycles. The first-order valence-electron chi connectivity index (χ1n) is 9.97. The Hall–Kier alpha value is -0.930. The minimum atomic E-state index is 0.185. The largest absolute Gasteiger partial charge is 0.303 e. The minimum Gasteiger partial charge on any atom is -0.303 e. The Kier molecular flexibility index (Phi) is 7.66. The number of carbonyl (C=O) groups excluding carboxylic acids is 1. The van der Waals surface area contributed by atoms with Gasteiger partial charge in [0.15, 0.2) is 0 Å². The third-order valence-corrected chi connectivity index (χ3v) is 8.00. The predicted molar refractivity (Wildman–Crippen MR) is 118 cm³/mol. The average Bonchev–Trinajstić information content (AvgIpc) is 3.15. The van der Waals surface area contributed by atoms with Crippen molar-refractivity contribution in [3.05, 3.63) is 33.0 Å². The molecule has 26 heavy (non-hydrogen) atoms. The number of aryl methyl sites for hydroxylation is 1. The molecule has 2 rings (SSSR count). The van der Waals surface area contributed by atoms with E-state index in [2.05, 4.69) is 53.7 Å². The molecular weight excluding hydrogens is 356 g/mol. The van der Waals surface area contributed by atoms with Gasteiger partial charge in [0.25, 0.3) is 0 Å². The molecule has 2 aromatic rings. The van der Waals surface area contributed by atoms with Gasteiger partial charge in [-0.05, 0) is 47.4 Å². The molecular formula is C23H34OS2. The first kappa shape index (κ1) is 21.4. The van der Waals surface area contributed by atoms with Crippen LogP contribution in [0.5, 0.6) is 0 Å². The summed E-state index contributed by atoms with van der Waals surface area (Å²) in [5.74, 6) is 0.471. The second kappa shape index (κ2) is 9.32. The van der Waals surface area contributed by atoms with E-state index < -0.39 is 0 Å². The van der Waals surface area contributed by atoms with E-state index in [1.807, 2.05) is 22.7 Å². The van der Waals surface area contributed by atoms with Crippen molar-refractivity contribution in [1.82, 2.24) is 0 Å². The molecule has 0 fully saturated rings. The van der Waals surface area contributed by atoms with Gasteiger partial charge in [-0.2, -0.15) is 0 Å². The van der Waals surface area contributed by atoms with Crippen LogP contribution in [0.4, 0.5) is 0 Å². The van der Waals surface area contributed by atoms with Crippen LogP contribution in [-0.4, -0.2) is 6.29 Å². The highest BCUT2D eigenvalue weighted by molar-refractivity contribution is 7.22. The van der Waals surface area contributed by atoms with Crippen LogP contribution in [0.2, 0.25) is 0 Å². The van der Waals surface area contributed by atoms with E-state index in [0.29, 0.717) is 12.3 Å². The number of carbonyl (C=O) groups is 1. The normalized spacial score (nSPS) is 12.1. The van der Waals surface area contributed by atoms with E-state index in [4.69, 9.17) is 0 Å².